The SMILES string of the molecule is CN1C=CCc2ccccc21.CN1C=Cc2ccccc2C1.CN1CC=Cc2ccccc21.CN1CCc2ccccc2C1.CN1Cc2cc3c(cc2C1)CCC3.CN1Cc2ccccc2C1. The molecule has 0 radical (unpaired) electrons. The zero-order valence-electron chi connectivity index (χ0n) is 41.0. The predicted octanol–water partition coefficient (Wildman–Crippen LogP) is 11.9. The minimum Gasteiger partial charge on any atom is -0.376 e. The molecule has 6 aliphatic heterocycles. The van der Waals surface area contributed by atoms with Crippen molar-refractivity contribution in [2.24, 2.45) is 0 Å². The van der Waals surface area contributed by atoms with E-state index in [4.69, 9.17) is 0 Å². The van der Waals surface area contributed by atoms with Crippen molar-refractivity contribution in [3.8, 4) is 0 Å². The summed E-state index contributed by atoms with van der Waals surface area (Å²) in [6.45, 7) is 8.94. The second-order valence-corrected chi connectivity index (χ2v) is 19.2. The molecule has 346 valence electrons. The van der Waals surface area contributed by atoms with Crippen LogP contribution < -0.4 is 9.80 Å². The van der Waals surface area contributed by atoms with E-state index in [1.807, 2.05) is 0 Å². The van der Waals surface area contributed by atoms with Crippen LogP contribution in [0, 0.1) is 0 Å². The highest BCUT2D eigenvalue weighted by Gasteiger charge is 2.20. The summed E-state index contributed by atoms with van der Waals surface area (Å²) in [6, 6.07) is 47.7. The summed E-state index contributed by atoms with van der Waals surface area (Å²) in [7, 11) is 12.8. The average molecular weight is 889 g/mol. The molecule has 6 aromatic rings. The maximum absolute atomic E-state index is 2.45. The Morgan fingerprint density at radius 1 is 0.373 bits per heavy atom. The van der Waals surface area contributed by atoms with E-state index < -0.39 is 0 Å². The average Bonchev–Trinajstić information content (AvgIpc) is 4.08. The lowest BCUT2D eigenvalue weighted by Gasteiger charge is -2.24. The molecule has 7 aliphatic rings. The minimum absolute atomic E-state index is 1.02. The molecule has 0 saturated carbocycles. The molecule has 0 saturated heterocycles. The number of rotatable bonds is 0. The Labute approximate surface area is 402 Å². The van der Waals surface area contributed by atoms with Gasteiger partial charge in [0.1, 0.15) is 0 Å². The Hall–Kier alpha value is -6.18. The highest BCUT2D eigenvalue weighted by molar-refractivity contribution is 5.70. The van der Waals surface area contributed by atoms with Crippen LogP contribution in [-0.4, -0.2) is 75.0 Å². The van der Waals surface area contributed by atoms with E-state index in [2.05, 4.69) is 242 Å². The third-order valence-corrected chi connectivity index (χ3v) is 13.7. The number of fused-ring (bicyclic) bond motifs is 7. The van der Waals surface area contributed by atoms with Gasteiger partial charge >= 0.3 is 0 Å². The molecule has 0 N–H and O–H groups in total. The summed E-state index contributed by atoms with van der Waals surface area (Å²) in [5, 5.41) is 0. The Morgan fingerprint density at radius 3 is 1.51 bits per heavy atom. The predicted molar refractivity (Wildman–Crippen MR) is 285 cm³/mol. The van der Waals surface area contributed by atoms with E-state index in [1.165, 1.54) is 88.1 Å². The highest BCUT2D eigenvalue weighted by atomic mass is 15.1. The van der Waals surface area contributed by atoms with Gasteiger partial charge in [-0.05, 0) is 144 Å². The molecule has 0 spiro atoms. The first-order valence-corrected chi connectivity index (χ1v) is 24.4. The van der Waals surface area contributed by atoms with Crippen LogP contribution in [0.4, 0.5) is 11.4 Å². The number of hydrogen-bond acceptors (Lipinski definition) is 6. The van der Waals surface area contributed by atoms with Gasteiger partial charge in [0, 0.05) is 91.1 Å². The number of likely N-dealkylation sites (N-methyl/N-ethyl adjacent to an activating group) is 2. The van der Waals surface area contributed by atoms with Gasteiger partial charge in [0.15, 0.2) is 0 Å². The number of nitrogens with zero attached hydrogens (tertiary/aromatic N) is 6. The third-order valence-electron chi connectivity index (χ3n) is 13.7. The van der Waals surface area contributed by atoms with Gasteiger partial charge in [-0.25, -0.2) is 0 Å². The lowest BCUT2D eigenvalue weighted by Crippen LogP contribution is -2.26. The molecule has 0 bridgehead atoms. The van der Waals surface area contributed by atoms with Crippen molar-refractivity contribution in [1.29, 1.82) is 0 Å². The molecule has 0 amide bonds. The summed E-state index contributed by atoms with van der Waals surface area (Å²) < 4.78 is 0. The molecular formula is C61H72N6. The van der Waals surface area contributed by atoms with Gasteiger partial charge in [-0.1, -0.05) is 140 Å². The summed E-state index contributed by atoms with van der Waals surface area (Å²) in [4.78, 5) is 13.7. The van der Waals surface area contributed by atoms with Gasteiger partial charge in [-0.15, -0.1) is 0 Å². The van der Waals surface area contributed by atoms with E-state index >= 15 is 0 Å². The molecule has 6 nitrogen and oxygen atoms in total. The normalized spacial score (nSPS) is 16.8. The number of para-hydroxylation sites is 2. The van der Waals surface area contributed by atoms with Crippen LogP contribution in [0.1, 0.15) is 73.2 Å². The van der Waals surface area contributed by atoms with E-state index in [-0.39, 0.29) is 0 Å². The largest absolute Gasteiger partial charge is 0.376 e. The van der Waals surface area contributed by atoms with Crippen molar-refractivity contribution < 1.29 is 0 Å². The van der Waals surface area contributed by atoms with Gasteiger partial charge in [0.05, 0.1) is 0 Å². The van der Waals surface area contributed by atoms with Crippen LogP contribution in [0.3, 0.4) is 0 Å². The quantitative estimate of drug-likeness (QED) is 0.150. The molecule has 0 unspecified atom stereocenters. The Balaban J connectivity index is 0.000000109. The Morgan fingerprint density at radius 2 is 0.881 bits per heavy atom. The standard InChI is InChI=1S/C12H15N.2C10H11N.C10H13N.C10H11N.C9H11N/c1-13-7-11-5-9-3-2-4-10(9)6-12(11)8-13;2*1-11-8-4-6-9-5-2-3-7-10(9)11;2*1-11-7-6-9-4-2-3-5-10(9)8-11;1-10-6-8-4-2-3-5-9(8)7-10/h5-6H,2-4,7-8H2,1H3;2-5,7-8H,6H2,1H3;2-7H,8H2,1H3;2-5H,6-8H2,1H3;2-7H,8H2,1H3;2-5H,6-7H2,1H3. The van der Waals surface area contributed by atoms with Crippen LogP contribution in [0.2, 0.25) is 0 Å². The maximum Gasteiger partial charge on any atom is 0.0439 e. The molecule has 1 aliphatic carbocycles. The topological polar surface area (TPSA) is 19.4 Å². The first-order valence-electron chi connectivity index (χ1n) is 24.4. The van der Waals surface area contributed by atoms with E-state index in [0.717, 1.165) is 52.2 Å². The van der Waals surface area contributed by atoms with Crippen molar-refractivity contribution in [3.63, 3.8) is 0 Å². The van der Waals surface area contributed by atoms with Crippen LogP contribution in [0.25, 0.3) is 12.2 Å². The fraction of sp³-hybridized carbons (Fsp3) is 0.311. The maximum atomic E-state index is 2.45. The van der Waals surface area contributed by atoms with Gasteiger partial charge in [-0.3, -0.25) is 9.80 Å². The monoisotopic (exact) mass is 889 g/mol. The van der Waals surface area contributed by atoms with Crippen LogP contribution in [-0.2, 0) is 65.0 Å². The fourth-order valence-corrected chi connectivity index (χ4v) is 10.0. The number of benzene rings is 6. The molecule has 6 heterocycles. The highest BCUT2D eigenvalue weighted by Crippen LogP contribution is 2.30. The first kappa shape index (κ1) is 47.3. The van der Waals surface area contributed by atoms with Crippen LogP contribution in [0.15, 0.2) is 158 Å². The summed E-state index contributed by atoms with van der Waals surface area (Å²) in [5.41, 5.74) is 20.6. The van der Waals surface area contributed by atoms with E-state index in [9.17, 15) is 0 Å². The van der Waals surface area contributed by atoms with Crippen molar-refractivity contribution in [2.45, 2.75) is 71.4 Å². The summed E-state index contributed by atoms with van der Waals surface area (Å²) in [6.07, 6.45) is 19.2. The molecule has 0 fully saturated rings. The van der Waals surface area contributed by atoms with Crippen molar-refractivity contribution >= 4 is 23.5 Å². The van der Waals surface area contributed by atoms with E-state index in [1.54, 1.807) is 22.3 Å². The number of aryl methyl sites for hydroxylation is 2. The molecule has 6 aromatic carbocycles. The third kappa shape index (κ3) is 12.8. The van der Waals surface area contributed by atoms with Crippen molar-refractivity contribution in [1.82, 2.24) is 19.6 Å². The lowest BCUT2D eigenvalue weighted by atomic mass is 10.0. The smallest absolute Gasteiger partial charge is 0.0439 e. The van der Waals surface area contributed by atoms with Gasteiger partial charge in [0.2, 0.25) is 0 Å². The van der Waals surface area contributed by atoms with E-state index in [0.29, 0.717) is 0 Å². The lowest BCUT2D eigenvalue weighted by molar-refractivity contribution is 0.313. The van der Waals surface area contributed by atoms with Crippen LogP contribution >= 0.6 is 0 Å². The van der Waals surface area contributed by atoms with Crippen LogP contribution in [0.5, 0.6) is 0 Å². The summed E-state index contributed by atoms with van der Waals surface area (Å²) >= 11 is 0. The van der Waals surface area contributed by atoms with Crippen molar-refractivity contribution in [2.75, 3.05) is 65.2 Å². The number of hydrogen-bond donors (Lipinski definition) is 0. The van der Waals surface area contributed by atoms with Gasteiger partial charge in [-0.2, -0.15) is 0 Å². The van der Waals surface area contributed by atoms with Gasteiger partial charge in [0.25, 0.3) is 0 Å². The molecular weight excluding hydrogens is 817 g/mol. The molecule has 13 rings (SSSR count). The number of allylic oxidation sites excluding steroid dienone is 1. The van der Waals surface area contributed by atoms with Gasteiger partial charge < -0.3 is 19.6 Å². The second kappa shape index (κ2) is 23.0. The zero-order chi connectivity index (χ0) is 46.5. The first-order chi connectivity index (χ1) is 32.7. The Bertz CT molecular complexity index is 2600. The second-order valence-electron chi connectivity index (χ2n) is 19.2. The van der Waals surface area contributed by atoms with Crippen molar-refractivity contribution in [3.05, 3.63) is 225 Å². The molecule has 6 heteroatoms. The summed E-state index contributed by atoms with van der Waals surface area (Å²) in [5.74, 6) is 0. The fourth-order valence-electron chi connectivity index (χ4n) is 10.0. The number of anilines is 2. The Kier molecular flexibility index (Phi) is 16.3. The zero-order valence-corrected chi connectivity index (χ0v) is 41.0. The minimum atomic E-state index is 1.02. The molecule has 67 heavy (non-hydrogen) atoms. The molecule has 0 atom stereocenters. The molecule has 0 aromatic heterocycles.